The number of carbonyl (C=O) groups is 1. The van der Waals surface area contributed by atoms with Gasteiger partial charge in [-0.2, -0.15) is 4.99 Å². The van der Waals surface area contributed by atoms with Gasteiger partial charge in [-0.05, 0) is 48.9 Å². The quantitative estimate of drug-likeness (QED) is 0.531. The zero-order valence-corrected chi connectivity index (χ0v) is 17.7. The van der Waals surface area contributed by atoms with Crippen LogP contribution in [0.5, 0.6) is 5.75 Å². The molecular weight excluding hydrogens is 415 g/mol. The lowest BCUT2D eigenvalue weighted by Gasteiger charge is -2.04. The molecule has 0 fully saturated rings. The molecule has 0 saturated heterocycles. The molecule has 9 heteroatoms. The Morgan fingerprint density at radius 3 is 2.59 bits per heavy atom. The molecule has 0 aliphatic heterocycles. The van der Waals surface area contributed by atoms with Crippen molar-refractivity contribution >= 4 is 37.3 Å². The Kier molecular flexibility index (Phi) is 6.49. The lowest BCUT2D eigenvalue weighted by atomic mass is 10.3. The maximum atomic E-state index is 13.0. The third-order valence-electron chi connectivity index (χ3n) is 4.31. The molecule has 29 heavy (non-hydrogen) atoms. The number of thiazole rings is 1. The van der Waals surface area contributed by atoms with Crippen molar-refractivity contribution < 1.29 is 22.3 Å². The van der Waals surface area contributed by atoms with Crippen LogP contribution in [0.2, 0.25) is 0 Å². The first-order valence-corrected chi connectivity index (χ1v) is 11.5. The Labute approximate surface area is 172 Å². The number of amides is 1. The number of aromatic nitrogens is 1. The lowest BCUT2D eigenvalue weighted by Crippen LogP contribution is -2.18. The number of methoxy groups -OCH3 is 1. The van der Waals surface area contributed by atoms with Gasteiger partial charge in [-0.25, -0.2) is 12.8 Å². The predicted molar refractivity (Wildman–Crippen MR) is 110 cm³/mol. The molecule has 0 atom stereocenters. The molecule has 0 radical (unpaired) electrons. The molecule has 0 N–H and O–H groups in total. The van der Waals surface area contributed by atoms with Crippen molar-refractivity contribution in [2.24, 2.45) is 4.99 Å². The van der Waals surface area contributed by atoms with E-state index in [1.54, 1.807) is 7.11 Å². The number of ether oxygens (including phenoxy) is 1. The standard InChI is InChI=1S/C20H21FN2O4S2/c1-3-11-23-17-9-6-15(27-2)13-18(17)28-20(23)22-19(24)10-12-29(25,26)16-7-4-14(21)5-8-16/h4-9,13H,3,10-12H2,1-2H3. The van der Waals surface area contributed by atoms with E-state index in [0.29, 0.717) is 17.1 Å². The minimum absolute atomic E-state index is 0.0123. The summed E-state index contributed by atoms with van der Waals surface area (Å²) in [5, 5.41) is 0. The van der Waals surface area contributed by atoms with Gasteiger partial charge in [-0.1, -0.05) is 18.3 Å². The van der Waals surface area contributed by atoms with E-state index in [4.69, 9.17) is 4.74 Å². The van der Waals surface area contributed by atoms with Crippen molar-refractivity contribution in [1.82, 2.24) is 4.57 Å². The van der Waals surface area contributed by atoms with E-state index in [1.807, 2.05) is 29.7 Å². The van der Waals surface area contributed by atoms with Crippen molar-refractivity contribution in [3.63, 3.8) is 0 Å². The fourth-order valence-electron chi connectivity index (χ4n) is 2.85. The summed E-state index contributed by atoms with van der Waals surface area (Å²) in [5.74, 6) is -0.699. The highest BCUT2D eigenvalue weighted by molar-refractivity contribution is 7.91. The number of fused-ring (bicyclic) bond motifs is 1. The Morgan fingerprint density at radius 2 is 1.93 bits per heavy atom. The molecule has 3 rings (SSSR count). The third kappa shape index (κ3) is 4.91. The van der Waals surface area contributed by atoms with E-state index in [0.717, 1.165) is 28.8 Å². The molecule has 0 unspecified atom stereocenters. The molecule has 1 aromatic heterocycles. The van der Waals surface area contributed by atoms with Crippen LogP contribution in [0.25, 0.3) is 10.2 Å². The summed E-state index contributed by atoms with van der Waals surface area (Å²) in [6.45, 7) is 2.72. The van der Waals surface area contributed by atoms with Gasteiger partial charge in [0.2, 0.25) is 5.91 Å². The Bertz CT molecular complexity index is 1200. The minimum Gasteiger partial charge on any atom is -0.497 e. The number of hydrogen-bond donors (Lipinski definition) is 0. The van der Waals surface area contributed by atoms with Crippen LogP contribution in [-0.4, -0.2) is 31.8 Å². The first-order chi connectivity index (χ1) is 13.8. The zero-order valence-electron chi connectivity index (χ0n) is 16.1. The number of nitrogens with zero attached hydrogens (tertiary/aromatic N) is 2. The highest BCUT2D eigenvalue weighted by Gasteiger charge is 2.17. The molecule has 1 heterocycles. The maximum Gasteiger partial charge on any atom is 0.249 e. The molecule has 0 spiro atoms. The summed E-state index contributed by atoms with van der Waals surface area (Å²) in [5.41, 5.74) is 0.947. The second-order valence-electron chi connectivity index (χ2n) is 6.40. The van der Waals surface area contributed by atoms with Crippen LogP contribution in [0.1, 0.15) is 19.8 Å². The Balaban J connectivity index is 1.85. The minimum atomic E-state index is -3.69. The average molecular weight is 437 g/mol. The van der Waals surface area contributed by atoms with Crippen molar-refractivity contribution in [3.05, 3.63) is 53.1 Å². The van der Waals surface area contributed by atoms with Gasteiger partial charge in [-0.15, -0.1) is 0 Å². The van der Waals surface area contributed by atoms with Gasteiger partial charge in [-0.3, -0.25) is 4.79 Å². The van der Waals surface area contributed by atoms with Gasteiger partial charge < -0.3 is 9.30 Å². The van der Waals surface area contributed by atoms with Gasteiger partial charge in [0.25, 0.3) is 0 Å². The average Bonchev–Trinajstić information content (AvgIpc) is 3.03. The lowest BCUT2D eigenvalue weighted by molar-refractivity contribution is -0.117. The van der Waals surface area contributed by atoms with Crippen LogP contribution < -0.4 is 9.54 Å². The van der Waals surface area contributed by atoms with Crippen molar-refractivity contribution in [3.8, 4) is 5.75 Å². The van der Waals surface area contributed by atoms with Gasteiger partial charge >= 0.3 is 0 Å². The summed E-state index contributed by atoms with van der Waals surface area (Å²) in [4.78, 5) is 17.1. The van der Waals surface area contributed by atoms with Crippen LogP contribution >= 0.6 is 11.3 Å². The van der Waals surface area contributed by atoms with Crippen LogP contribution in [-0.2, 0) is 21.2 Å². The topological polar surface area (TPSA) is 77.7 Å². The van der Waals surface area contributed by atoms with Crippen LogP contribution in [0, 0.1) is 5.82 Å². The monoisotopic (exact) mass is 436 g/mol. The number of carbonyl (C=O) groups excluding carboxylic acids is 1. The molecule has 0 saturated carbocycles. The van der Waals surface area contributed by atoms with Gasteiger partial charge in [0.1, 0.15) is 11.6 Å². The Hall–Kier alpha value is -2.52. The Morgan fingerprint density at radius 1 is 1.21 bits per heavy atom. The highest BCUT2D eigenvalue weighted by atomic mass is 32.2. The number of hydrogen-bond acceptors (Lipinski definition) is 5. The summed E-state index contributed by atoms with van der Waals surface area (Å²) >= 11 is 1.36. The smallest absolute Gasteiger partial charge is 0.249 e. The number of halogens is 1. The molecule has 3 aromatic rings. The van der Waals surface area contributed by atoms with E-state index < -0.39 is 21.6 Å². The summed E-state index contributed by atoms with van der Waals surface area (Å²) in [6, 6.07) is 10.2. The fourth-order valence-corrected chi connectivity index (χ4v) is 5.18. The second-order valence-corrected chi connectivity index (χ2v) is 9.52. The van der Waals surface area contributed by atoms with Gasteiger partial charge in [0, 0.05) is 13.0 Å². The van der Waals surface area contributed by atoms with E-state index in [9.17, 15) is 17.6 Å². The summed E-state index contributed by atoms with van der Waals surface area (Å²) < 4.78 is 45.8. The van der Waals surface area contributed by atoms with Crippen molar-refractivity contribution in [1.29, 1.82) is 0 Å². The van der Waals surface area contributed by atoms with Crippen molar-refractivity contribution in [2.45, 2.75) is 31.2 Å². The first kappa shape index (κ1) is 21.2. The molecule has 1 amide bonds. The second kappa shape index (κ2) is 8.87. The molecule has 154 valence electrons. The van der Waals surface area contributed by atoms with E-state index >= 15 is 0 Å². The predicted octanol–water partition coefficient (Wildman–Crippen LogP) is 3.55. The van der Waals surface area contributed by atoms with Gasteiger partial charge in [0.15, 0.2) is 14.6 Å². The van der Waals surface area contributed by atoms with E-state index in [1.165, 1.54) is 23.5 Å². The number of benzene rings is 2. The molecule has 0 aliphatic rings. The van der Waals surface area contributed by atoms with Crippen LogP contribution in [0.4, 0.5) is 4.39 Å². The molecular formula is C20H21FN2O4S2. The van der Waals surface area contributed by atoms with E-state index in [-0.39, 0.29) is 17.1 Å². The van der Waals surface area contributed by atoms with E-state index in [2.05, 4.69) is 4.99 Å². The molecule has 6 nitrogen and oxygen atoms in total. The maximum absolute atomic E-state index is 13.0. The highest BCUT2D eigenvalue weighted by Crippen LogP contribution is 2.23. The molecule has 0 aliphatic carbocycles. The first-order valence-electron chi connectivity index (χ1n) is 9.07. The third-order valence-corrected chi connectivity index (χ3v) is 7.09. The van der Waals surface area contributed by atoms with Crippen LogP contribution in [0.3, 0.4) is 0 Å². The summed E-state index contributed by atoms with van der Waals surface area (Å²) in [6.07, 6.45) is 0.613. The number of aryl methyl sites for hydroxylation is 1. The molecule has 0 bridgehead atoms. The number of sulfone groups is 1. The fraction of sp³-hybridized carbons (Fsp3) is 0.300. The van der Waals surface area contributed by atoms with Crippen LogP contribution in [0.15, 0.2) is 52.4 Å². The molecule has 2 aromatic carbocycles. The SMILES string of the molecule is CCCn1c(=NC(=O)CCS(=O)(=O)c2ccc(F)cc2)sc2cc(OC)ccc21. The van der Waals surface area contributed by atoms with Gasteiger partial charge in [0.05, 0.1) is 28.0 Å². The normalized spacial score (nSPS) is 12.4. The zero-order chi connectivity index (χ0) is 21.0. The summed E-state index contributed by atoms with van der Waals surface area (Å²) in [7, 11) is -2.10. The number of rotatable bonds is 7. The van der Waals surface area contributed by atoms with Crippen molar-refractivity contribution in [2.75, 3.05) is 12.9 Å². The largest absolute Gasteiger partial charge is 0.497 e.